The summed E-state index contributed by atoms with van der Waals surface area (Å²) in [5.74, 6) is -4.65. The zero-order chi connectivity index (χ0) is 21.6. The van der Waals surface area contributed by atoms with Crippen LogP contribution in [-0.4, -0.2) is 46.7 Å². The molecule has 2 aromatic rings. The number of hydrogen-bond donors (Lipinski definition) is 2. The van der Waals surface area contributed by atoms with Crippen LogP contribution in [0.25, 0.3) is 0 Å². The molecule has 0 aliphatic carbocycles. The van der Waals surface area contributed by atoms with Crippen LogP contribution in [0.2, 0.25) is 0 Å². The lowest BCUT2D eigenvalue weighted by atomic mass is 9.77. The van der Waals surface area contributed by atoms with Gasteiger partial charge in [0.15, 0.2) is 5.78 Å². The third kappa shape index (κ3) is 3.36. The second-order valence-electron chi connectivity index (χ2n) is 6.44. The Morgan fingerprint density at radius 1 is 1.24 bits per heavy atom. The summed E-state index contributed by atoms with van der Waals surface area (Å²) in [7, 11) is 0.743. The molecule has 11 heteroatoms. The van der Waals surface area contributed by atoms with E-state index in [0.717, 1.165) is 42.6 Å². The molecule has 3 atom stereocenters. The van der Waals surface area contributed by atoms with E-state index in [1.165, 1.54) is 17.5 Å². The zero-order valence-corrected chi connectivity index (χ0v) is 15.6. The number of benzene rings is 1. The molecule has 1 saturated heterocycles. The number of urea groups is 1. The van der Waals surface area contributed by atoms with Crippen LogP contribution in [-0.2, 0) is 0 Å². The van der Waals surface area contributed by atoms with Gasteiger partial charge in [0.2, 0.25) is 0 Å². The number of halogens is 3. The SMILES string of the molecule is CN1C(=O)N[C@H](c2ccc(C(=O)[O-])cc2)[C@H](C(=O)c2cccs2)[C@@]1(O)C(F)(F)F. The summed E-state index contributed by atoms with van der Waals surface area (Å²) in [6.45, 7) is 0. The lowest BCUT2D eigenvalue weighted by molar-refractivity contribution is -0.322. The Labute approximate surface area is 166 Å². The van der Waals surface area contributed by atoms with Crippen LogP contribution in [0.3, 0.4) is 0 Å². The molecule has 0 unspecified atom stereocenters. The Kier molecular flexibility index (Phi) is 5.13. The largest absolute Gasteiger partial charge is 0.545 e. The lowest BCUT2D eigenvalue weighted by Crippen LogP contribution is -2.72. The normalized spacial score (nSPS) is 24.9. The molecule has 2 amide bonds. The molecule has 0 bridgehead atoms. The molecule has 1 aliphatic rings. The molecule has 7 nitrogen and oxygen atoms in total. The van der Waals surface area contributed by atoms with Gasteiger partial charge in [-0.1, -0.05) is 30.3 Å². The van der Waals surface area contributed by atoms with Gasteiger partial charge in [0.05, 0.1) is 16.9 Å². The lowest BCUT2D eigenvalue weighted by Gasteiger charge is -2.49. The van der Waals surface area contributed by atoms with Gasteiger partial charge < -0.3 is 20.3 Å². The Hall–Kier alpha value is -2.92. The van der Waals surface area contributed by atoms with Gasteiger partial charge in [-0.05, 0) is 22.6 Å². The van der Waals surface area contributed by atoms with Crippen molar-refractivity contribution in [3.05, 3.63) is 57.8 Å². The Bertz CT molecular complexity index is 945. The number of carboxylic acids is 1. The average molecular weight is 427 g/mol. The topological polar surface area (TPSA) is 110 Å². The van der Waals surface area contributed by atoms with E-state index < -0.39 is 41.6 Å². The van der Waals surface area contributed by atoms with E-state index in [1.54, 1.807) is 0 Å². The van der Waals surface area contributed by atoms with Crippen LogP contribution in [0.15, 0.2) is 41.8 Å². The van der Waals surface area contributed by atoms with Crippen LogP contribution in [0, 0.1) is 5.92 Å². The Balaban J connectivity index is 2.17. The maximum atomic E-state index is 14.0. The van der Waals surface area contributed by atoms with Crippen molar-refractivity contribution in [1.29, 1.82) is 0 Å². The van der Waals surface area contributed by atoms with Crippen LogP contribution in [0.4, 0.5) is 18.0 Å². The van der Waals surface area contributed by atoms with E-state index in [0.29, 0.717) is 0 Å². The number of nitrogens with one attached hydrogen (secondary N) is 1. The van der Waals surface area contributed by atoms with E-state index in [4.69, 9.17) is 0 Å². The number of aliphatic hydroxyl groups is 1. The molecule has 2 N–H and O–H groups in total. The van der Waals surface area contributed by atoms with E-state index in [1.807, 2.05) is 0 Å². The summed E-state index contributed by atoms with van der Waals surface area (Å²) >= 11 is 0.896. The second kappa shape index (κ2) is 7.16. The third-order valence-electron chi connectivity index (χ3n) is 4.83. The summed E-state index contributed by atoms with van der Waals surface area (Å²) in [5.41, 5.74) is -4.00. The summed E-state index contributed by atoms with van der Waals surface area (Å²) < 4.78 is 41.9. The molecule has 2 heterocycles. The fraction of sp³-hybridized carbons (Fsp3) is 0.278. The highest BCUT2D eigenvalue weighted by atomic mass is 32.1. The number of Topliss-reactive ketones (excluding diaryl/α,β-unsaturated/α-hetero) is 1. The van der Waals surface area contributed by atoms with Crippen molar-refractivity contribution in [3.8, 4) is 0 Å². The van der Waals surface area contributed by atoms with Crippen LogP contribution in [0.5, 0.6) is 0 Å². The summed E-state index contributed by atoms with van der Waals surface area (Å²) in [5, 5.41) is 25.4. The van der Waals surface area contributed by atoms with E-state index >= 15 is 0 Å². The summed E-state index contributed by atoms with van der Waals surface area (Å²) in [6, 6.07) is 4.46. The molecular weight excluding hydrogens is 413 g/mol. The molecule has 0 spiro atoms. The van der Waals surface area contributed by atoms with E-state index in [2.05, 4.69) is 5.32 Å². The first-order chi connectivity index (χ1) is 13.5. The maximum Gasteiger partial charge on any atom is 0.437 e. The summed E-state index contributed by atoms with van der Waals surface area (Å²) in [4.78, 5) is 36.2. The molecule has 1 aliphatic heterocycles. The Morgan fingerprint density at radius 2 is 1.86 bits per heavy atom. The van der Waals surface area contributed by atoms with Crippen molar-refractivity contribution in [1.82, 2.24) is 10.2 Å². The van der Waals surface area contributed by atoms with Crippen molar-refractivity contribution < 1.29 is 37.8 Å². The fourth-order valence-corrected chi connectivity index (χ4v) is 3.99. The van der Waals surface area contributed by atoms with Gasteiger partial charge in [0.1, 0.15) is 5.92 Å². The first-order valence-corrected chi connectivity index (χ1v) is 9.09. The van der Waals surface area contributed by atoms with Crippen molar-refractivity contribution in [2.45, 2.75) is 17.9 Å². The van der Waals surface area contributed by atoms with Crippen LogP contribution < -0.4 is 10.4 Å². The third-order valence-corrected chi connectivity index (χ3v) is 5.72. The van der Waals surface area contributed by atoms with Gasteiger partial charge in [-0.15, -0.1) is 11.3 Å². The molecule has 154 valence electrons. The van der Waals surface area contributed by atoms with Crippen molar-refractivity contribution in [2.75, 3.05) is 7.05 Å². The number of rotatable bonds is 4. The first-order valence-electron chi connectivity index (χ1n) is 8.21. The molecule has 1 aromatic heterocycles. The average Bonchev–Trinajstić information content (AvgIpc) is 3.19. The number of carbonyl (C=O) groups is 3. The quantitative estimate of drug-likeness (QED) is 0.720. The molecule has 1 fully saturated rings. The molecule has 29 heavy (non-hydrogen) atoms. The predicted octanol–water partition coefficient (Wildman–Crippen LogP) is 1.56. The minimum absolute atomic E-state index is 0.0223. The number of amides is 2. The number of aromatic carboxylic acids is 1. The minimum atomic E-state index is -5.35. The summed E-state index contributed by atoms with van der Waals surface area (Å²) in [6.07, 6.45) is -5.35. The standard InChI is InChI=1S/C18H15F3N2O5S/c1-23-16(27)22-13(9-4-6-10(7-5-9)15(25)26)12(17(23,28)18(19,20)21)14(24)11-3-2-8-29-11/h2-8,12-13,28H,1H3,(H,22,27)(H,25,26)/p-1/t12-,13-,17-/m1/s1. The van der Waals surface area contributed by atoms with Crippen molar-refractivity contribution in [2.24, 2.45) is 5.92 Å². The predicted molar refractivity (Wildman–Crippen MR) is 93.0 cm³/mol. The number of hydrogen-bond acceptors (Lipinski definition) is 6. The number of ketones is 1. The van der Waals surface area contributed by atoms with Crippen LogP contribution >= 0.6 is 11.3 Å². The number of thiophene rings is 1. The zero-order valence-electron chi connectivity index (χ0n) is 14.8. The van der Waals surface area contributed by atoms with Gasteiger partial charge in [-0.2, -0.15) is 13.2 Å². The number of carbonyl (C=O) groups excluding carboxylic acids is 3. The fourth-order valence-electron chi connectivity index (χ4n) is 3.28. The molecule has 1 aromatic carbocycles. The smallest absolute Gasteiger partial charge is 0.437 e. The molecule has 0 saturated carbocycles. The van der Waals surface area contributed by atoms with E-state index in [-0.39, 0.29) is 20.9 Å². The molecule has 0 radical (unpaired) electrons. The number of nitrogens with zero attached hydrogens (tertiary/aromatic N) is 1. The second-order valence-corrected chi connectivity index (χ2v) is 7.39. The van der Waals surface area contributed by atoms with Gasteiger partial charge in [0, 0.05) is 7.05 Å². The maximum absolute atomic E-state index is 14.0. The highest BCUT2D eigenvalue weighted by Gasteiger charge is 2.69. The van der Waals surface area contributed by atoms with Gasteiger partial charge in [0.25, 0.3) is 5.72 Å². The highest BCUT2D eigenvalue weighted by Crippen LogP contribution is 2.47. The Morgan fingerprint density at radius 3 is 2.34 bits per heavy atom. The number of carboxylic acid groups (broad SMARTS) is 1. The van der Waals surface area contributed by atoms with Crippen LogP contribution in [0.1, 0.15) is 31.6 Å². The van der Waals surface area contributed by atoms with Gasteiger partial charge in [-0.25, -0.2) is 4.79 Å². The molecular formula is C18H14F3N2O5S-. The van der Waals surface area contributed by atoms with Gasteiger partial charge in [-0.3, -0.25) is 9.69 Å². The van der Waals surface area contributed by atoms with E-state index in [9.17, 15) is 37.8 Å². The van der Waals surface area contributed by atoms with Crippen molar-refractivity contribution >= 4 is 29.1 Å². The minimum Gasteiger partial charge on any atom is -0.545 e. The first kappa shape index (κ1) is 20.8. The van der Waals surface area contributed by atoms with Crippen molar-refractivity contribution in [3.63, 3.8) is 0 Å². The monoisotopic (exact) mass is 427 g/mol. The highest BCUT2D eigenvalue weighted by molar-refractivity contribution is 7.12. The molecule has 3 rings (SSSR count). The number of alkyl halides is 3. The van der Waals surface area contributed by atoms with Gasteiger partial charge >= 0.3 is 12.2 Å².